The molecule has 1 aliphatic rings. The molecule has 0 saturated carbocycles. The number of rotatable bonds is 3. The van der Waals surface area contributed by atoms with Crippen molar-refractivity contribution >= 4 is 23.5 Å². The minimum Gasteiger partial charge on any atom is -0.282 e. The molecule has 0 saturated heterocycles. The summed E-state index contributed by atoms with van der Waals surface area (Å²) in [6.07, 6.45) is 1.83. The number of hydrogen-bond donors (Lipinski definition) is 1. The second-order valence-corrected chi connectivity index (χ2v) is 4.74. The smallest absolute Gasteiger partial charge is 0.282 e. The number of nitro groups is 1. The predicted molar refractivity (Wildman–Crippen MR) is 90.0 cm³/mol. The van der Waals surface area contributed by atoms with Crippen LogP contribution in [0.2, 0.25) is 0 Å². The fourth-order valence-electron chi connectivity index (χ4n) is 2.08. The van der Waals surface area contributed by atoms with Gasteiger partial charge in [-0.05, 0) is 11.1 Å². The van der Waals surface area contributed by atoms with Crippen molar-refractivity contribution in [2.24, 2.45) is 0 Å². The lowest BCUT2D eigenvalue weighted by atomic mass is 10.1. The summed E-state index contributed by atoms with van der Waals surface area (Å²) in [5.41, 5.74) is 0.650. The lowest BCUT2D eigenvalue weighted by Gasteiger charge is -1.97. The monoisotopic (exact) mass is 322 g/mol. The summed E-state index contributed by atoms with van der Waals surface area (Å²) < 4.78 is 0. The third-order valence-corrected chi connectivity index (χ3v) is 3.19. The van der Waals surface area contributed by atoms with Crippen LogP contribution in [-0.4, -0.2) is 16.7 Å². The van der Waals surface area contributed by atoms with Crippen LogP contribution in [0.1, 0.15) is 11.1 Å². The van der Waals surface area contributed by atoms with Gasteiger partial charge in [0.25, 0.3) is 5.91 Å². The molecule has 0 fully saturated rings. The highest BCUT2D eigenvalue weighted by Crippen LogP contribution is 2.23. The van der Waals surface area contributed by atoms with Gasteiger partial charge in [0.1, 0.15) is 5.57 Å². The van der Waals surface area contributed by atoms with Gasteiger partial charge in [-0.15, -0.1) is 0 Å². The first-order valence-electron chi connectivity index (χ1n) is 7.02. The summed E-state index contributed by atoms with van der Waals surface area (Å²) in [6.45, 7) is 3.63. The number of imide groups is 1. The molecular formula is C18H14N2O4. The van der Waals surface area contributed by atoms with E-state index in [-0.39, 0.29) is 5.57 Å². The third-order valence-electron chi connectivity index (χ3n) is 3.19. The molecule has 0 radical (unpaired) electrons. The minimum atomic E-state index is -0.964. The molecule has 0 bridgehead atoms. The first kappa shape index (κ1) is 16.8. The van der Waals surface area contributed by atoms with E-state index in [1.807, 2.05) is 41.7 Å². The molecule has 24 heavy (non-hydrogen) atoms. The van der Waals surface area contributed by atoms with Gasteiger partial charge >= 0.3 is 11.6 Å². The Balaban J connectivity index is 0.000000219. The highest BCUT2D eigenvalue weighted by molar-refractivity contribution is 6.35. The Hall–Kier alpha value is -3.54. The van der Waals surface area contributed by atoms with Gasteiger partial charge in [-0.1, -0.05) is 73.3 Å². The van der Waals surface area contributed by atoms with Crippen molar-refractivity contribution < 1.29 is 14.5 Å². The zero-order chi connectivity index (χ0) is 17.5. The van der Waals surface area contributed by atoms with Crippen LogP contribution in [0.3, 0.4) is 0 Å². The molecule has 3 rings (SSSR count). The molecule has 0 aromatic heterocycles. The minimum absolute atomic E-state index is 0.185. The highest BCUT2D eigenvalue weighted by atomic mass is 16.6. The van der Waals surface area contributed by atoms with Crippen LogP contribution in [-0.2, 0) is 9.59 Å². The maximum Gasteiger partial charge on any atom is 0.347 e. The van der Waals surface area contributed by atoms with Crippen LogP contribution in [0.25, 0.3) is 11.6 Å². The maximum atomic E-state index is 11.4. The van der Waals surface area contributed by atoms with E-state index < -0.39 is 22.4 Å². The Morgan fingerprint density at radius 3 is 1.92 bits per heavy atom. The normalized spacial score (nSPS) is 13.0. The fourth-order valence-corrected chi connectivity index (χ4v) is 2.08. The third kappa shape index (κ3) is 3.80. The van der Waals surface area contributed by atoms with Crippen LogP contribution in [0.5, 0.6) is 0 Å². The molecule has 1 aliphatic heterocycles. The van der Waals surface area contributed by atoms with Crippen molar-refractivity contribution in [1.29, 1.82) is 0 Å². The summed E-state index contributed by atoms with van der Waals surface area (Å²) in [6, 6.07) is 18.1. The Labute approximate surface area is 138 Å². The van der Waals surface area contributed by atoms with E-state index in [1.165, 1.54) is 17.7 Å². The Morgan fingerprint density at radius 1 is 0.917 bits per heavy atom. The SMILES string of the molecule is C=Cc1ccccc1.O=C1NC(=O)C([N+](=O)[O-])=C1c1ccccc1. The van der Waals surface area contributed by atoms with Crippen molar-refractivity contribution in [2.45, 2.75) is 0 Å². The van der Waals surface area contributed by atoms with Gasteiger partial charge in [-0.25, -0.2) is 0 Å². The van der Waals surface area contributed by atoms with Gasteiger partial charge in [-0.2, -0.15) is 0 Å². The average molecular weight is 322 g/mol. The number of amides is 2. The second kappa shape index (κ2) is 7.64. The maximum absolute atomic E-state index is 11.4. The number of hydrogen-bond acceptors (Lipinski definition) is 4. The van der Waals surface area contributed by atoms with Crippen molar-refractivity contribution in [3.8, 4) is 0 Å². The molecular weight excluding hydrogens is 308 g/mol. The van der Waals surface area contributed by atoms with Gasteiger partial charge in [-0.3, -0.25) is 25.0 Å². The second-order valence-electron chi connectivity index (χ2n) is 4.74. The molecule has 2 aromatic rings. The number of benzene rings is 2. The first-order chi connectivity index (χ1) is 11.5. The number of nitrogens with zero attached hydrogens (tertiary/aromatic N) is 1. The largest absolute Gasteiger partial charge is 0.347 e. The van der Waals surface area contributed by atoms with E-state index in [4.69, 9.17) is 0 Å². The number of nitrogens with one attached hydrogen (secondary N) is 1. The van der Waals surface area contributed by atoms with Gasteiger partial charge in [0.15, 0.2) is 0 Å². The van der Waals surface area contributed by atoms with E-state index in [0.717, 1.165) is 0 Å². The van der Waals surface area contributed by atoms with Gasteiger partial charge in [0.2, 0.25) is 0 Å². The lowest BCUT2D eigenvalue weighted by Crippen LogP contribution is -2.24. The van der Waals surface area contributed by atoms with E-state index in [1.54, 1.807) is 18.2 Å². The summed E-state index contributed by atoms with van der Waals surface area (Å²) in [4.78, 5) is 32.4. The number of carbonyl (C=O) groups excluding carboxylic acids is 2. The fraction of sp³-hybridized carbons (Fsp3) is 0. The molecule has 6 nitrogen and oxygen atoms in total. The van der Waals surface area contributed by atoms with Crippen LogP contribution in [0.4, 0.5) is 0 Å². The molecule has 6 heteroatoms. The zero-order valence-electron chi connectivity index (χ0n) is 12.6. The summed E-state index contributed by atoms with van der Waals surface area (Å²) in [5.74, 6) is -1.70. The molecule has 0 spiro atoms. The van der Waals surface area contributed by atoms with Crippen molar-refractivity contribution in [1.82, 2.24) is 5.32 Å². The van der Waals surface area contributed by atoms with Crippen LogP contribution < -0.4 is 5.32 Å². The predicted octanol–water partition coefficient (Wildman–Crippen LogP) is 2.66. The van der Waals surface area contributed by atoms with Crippen LogP contribution in [0, 0.1) is 10.1 Å². The molecule has 0 atom stereocenters. The van der Waals surface area contributed by atoms with Crippen molar-refractivity contribution in [3.05, 3.63) is 94.2 Å². The van der Waals surface area contributed by atoms with E-state index >= 15 is 0 Å². The molecule has 1 heterocycles. The Kier molecular flexibility index (Phi) is 5.36. The van der Waals surface area contributed by atoms with Crippen molar-refractivity contribution in [3.63, 3.8) is 0 Å². The molecule has 2 aromatic carbocycles. The van der Waals surface area contributed by atoms with E-state index in [2.05, 4.69) is 6.58 Å². The van der Waals surface area contributed by atoms with E-state index in [0.29, 0.717) is 5.56 Å². The molecule has 120 valence electrons. The van der Waals surface area contributed by atoms with E-state index in [9.17, 15) is 19.7 Å². The molecule has 0 aliphatic carbocycles. The standard InChI is InChI=1S/C10H6N2O4.C8H8/c13-9-7(6-4-2-1-3-5-6)8(12(15)16)10(14)11-9;1-2-8-6-4-3-5-7-8/h1-5H,(H,11,13,14);2-7H,1H2. The van der Waals surface area contributed by atoms with Crippen LogP contribution in [0.15, 0.2) is 72.9 Å². The number of carbonyl (C=O) groups is 2. The Bertz CT molecular complexity index is 811. The summed E-state index contributed by atoms with van der Waals surface area (Å²) in [7, 11) is 0. The Morgan fingerprint density at radius 2 is 1.46 bits per heavy atom. The topological polar surface area (TPSA) is 89.3 Å². The van der Waals surface area contributed by atoms with Gasteiger partial charge in [0, 0.05) is 0 Å². The van der Waals surface area contributed by atoms with Gasteiger partial charge < -0.3 is 0 Å². The first-order valence-corrected chi connectivity index (χ1v) is 7.02. The summed E-state index contributed by atoms with van der Waals surface area (Å²) in [5, 5.41) is 12.6. The quantitative estimate of drug-likeness (QED) is 0.534. The molecule has 0 unspecified atom stereocenters. The zero-order valence-corrected chi connectivity index (χ0v) is 12.6. The van der Waals surface area contributed by atoms with Crippen LogP contribution >= 0.6 is 0 Å². The highest BCUT2D eigenvalue weighted by Gasteiger charge is 2.40. The van der Waals surface area contributed by atoms with Gasteiger partial charge in [0.05, 0.1) is 4.92 Å². The molecule has 1 N–H and O–H groups in total. The lowest BCUT2D eigenvalue weighted by molar-refractivity contribution is -0.417. The summed E-state index contributed by atoms with van der Waals surface area (Å²) >= 11 is 0. The average Bonchev–Trinajstić information content (AvgIpc) is 2.91. The molecule has 2 amide bonds. The van der Waals surface area contributed by atoms with Crippen molar-refractivity contribution in [2.75, 3.05) is 0 Å².